The van der Waals surface area contributed by atoms with Gasteiger partial charge in [-0.2, -0.15) is 0 Å². The molecule has 24 heavy (non-hydrogen) atoms. The molecule has 0 heterocycles. The fourth-order valence-corrected chi connectivity index (χ4v) is 2.42. The van der Waals surface area contributed by atoms with Crippen molar-refractivity contribution < 1.29 is 9.53 Å². The second kappa shape index (κ2) is 9.30. The molecule has 1 atom stereocenters. The zero-order valence-electron chi connectivity index (χ0n) is 14.0. The Morgan fingerprint density at radius 2 is 1.96 bits per heavy atom. The summed E-state index contributed by atoms with van der Waals surface area (Å²) in [4.78, 5) is 12.0. The van der Waals surface area contributed by atoms with E-state index in [1.807, 2.05) is 62.4 Å². The quantitative estimate of drug-likeness (QED) is 0.766. The lowest BCUT2D eigenvalue weighted by Crippen LogP contribution is -2.34. The highest BCUT2D eigenvalue weighted by Gasteiger charge is 2.08. The molecule has 1 unspecified atom stereocenters. The van der Waals surface area contributed by atoms with Gasteiger partial charge in [-0.05, 0) is 49.2 Å². The Kier molecular flexibility index (Phi) is 7.09. The molecule has 0 bridgehead atoms. The first-order valence-electron chi connectivity index (χ1n) is 8.05. The van der Waals surface area contributed by atoms with E-state index in [1.54, 1.807) is 0 Å². The van der Waals surface area contributed by atoms with Gasteiger partial charge in [-0.15, -0.1) is 0 Å². The van der Waals surface area contributed by atoms with Crippen molar-refractivity contribution in [3.8, 4) is 5.75 Å². The maximum Gasteiger partial charge on any atom is 0.234 e. The Labute approximate surface area is 148 Å². The smallest absolute Gasteiger partial charge is 0.234 e. The van der Waals surface area contributed by atoms with E-state index in [9.17, 15) is 4.79 Å². The minimum absolute atomic E-state index is 0.0439. The molecule has 0 saturated heterocycles. The lowest BCUT2D eigenvalue weighted by Gasteiger charge is -2.14. The van der Waals surface area contributed by atoms with Gasteiger partial charge in [0.15, 0.2) is 0 Å². The number of rotatable bonds is 8. The average molecular weight is 347 g/mol. The number of carbonyl (C=O) groups is 1. The summed E-state index contributed by atoms with van der Waals surface area (Å²) in [6.45, 7) is 5.33. The Balaban J connectivity index is 1.77. The van der Waals surface area contributed by atoms with Gasteiger partial charge in [0.05, 0.1) is 13.2 Å². The summed E-state index contributed by atoms with van der Waals surface area (Å²) in [5.74, 6) is 0.774. The minimum atomic E-state index is -0.0439. The van der Waals surface area contributed by atoms with E-state index >= 15 is 0 Å². The van der Waals surface area contributed by atoms with Crippen molar-refractivity contribution in [2.45, 2.75) is 26.4 Å². The Bertz CT molecular complexity index is 659. The average Bonchev–Trinajstić information content (AvgIpc) is 2.59. The van der Waals surface area contributed by atoms with Gasteiger partial charge in [0.25, 0.3) is 0 Å². The van der Waals surface area contributed by atoms with Crippen molar-refractivity contribution in [2.24, 2.45) is 0 Å². The number of nitrogens with one attached hydrogen (secondary N) is 2. The second-order valence-electron chi connectivity index (χ2n) is 5.51. The highest BCUT2D eigenvalue weighted by Crippen LogP contribution is 2.16. The number of benzene rings is 2. The molecule has 0 aliphatic rings. The Morgan fingerprint density at radius 1 is 1.21 bits per heavy atom. The van der Waals surface area contributed by atoms with E-state index < -0.39 is 0 Å². The van der Waals surface area contributed by atoms with Crippen LogP contribution in [0.15, 0.2) is 48.5 Å². The fraction of sp³-hybridized carbons (Fsp3) is 0.316. The standard InChI is InChI=1S/C19H23ClN2O2/c1-3-24-18-6-4-5-15(11-18)12-22-19(23)13-21-14(2)16-7-9-17(20)10-8-16/h4-11,14,21H,3,12-13H2,1-2H3,(H,22,23). The number of hydrogen-bond acceptors (Lipinski definition) is 3. The topological polar surface area (TPSA) is 50.4 Å². The summed E-state index contributed by atoms with van der Waals surface area (Å²) < 4.78 is 5.46. The molecule has 0 aromatic heterocycles. The van der Waals surface area contributed by atoms with Crippen LogP contribution in [0.5, 0.6) is 5.75 Å². The van der Waals surface area contributed by atoms with Crippen LogP contribution in [-0.4, -0.2) is 19.1 Å². The number of halogens is 1. The van der Waals surface area contributed by atoms with Crippen LogP contribution in [0.3, 0.4) is 0 Å². The largest absolute Gasteiger partial charge is 0.494 e. The SMILES string of the molecule is CCOc1cccc(CNC(=O)CNC(C)c2ccc(Cl)cc2)c1. The van der Waals surface area contributed by atoms with E-state index in [4.69, 9.17) is 16.3 Å². The van der Waals surface area contributed by atoms with Gasteiger partial charge in [0, 0.05) is 17.6 Å². The van der Waals surface area contributed by atoms with E-state index in [0.717, 1.165) is 16.9 Å². The first-order chi connectivity index (χ1) is 11.6. The molecule has 1 amide bonds. The first-order valence-corrected chi connectivity index (χ1v) is 8.43. The summed E-state index contributed by atoms with van der Waals surface area (Å²) in [5.41, 5.74) is 2.11. The van der Waals surface area contributed by atoms with Crippen molar-refractivity contribution in [1.82, 2.24) is 10.6 Å². The molecular weight excluding hydrogens is 324 g/mol. The van der Waals surface area contributed by atoms with Crippen LogP contribution in [0.25, 0.3) is 0 Å². The third kappa shape index (κ3) is 5.87. The molecule has 0 spiro atoms. The molecule has 0 saturated carbocycles. The van der Waals surface area contributed by atoms with Crippen molar-refractivity contribution in [3.63, 3.8) is 0 Å². The second-order valence-corrected chi connectivity index (χ2v) is 5.95. The van der Waals surface area contributed by atoms with E-state index in [0.29, 0.717) is 18.2 Å². The molecule has 0 aliphatic heterocycles. The maximum absolute atomic E-state index is 12.0. The molecule has 4 nitrogen and oxygen atoms in total. The summed E-state index contributed by atoms with van der Waals surface area (Å²) in [6.07, 6.45) is 0. The van der Waals surface area contributed by atoms with Gasteiger partial charge in [-0.3, -0.25) is 4.79 Å². The lowest BCUT2D eigenvalue weighted by atomic mass is 10.1. The third-order valence-corrected chi connectivity index (χ3v) is 3.89. The molecule has 128 valence electrons. The van der Waals surface area contributed by atoms with Crippen LogP contribution in [0.1, 0.15) is 31.0 Å². The fourth-order valence-electron chi connectivity index (χ4n) is 2.29. The van der Waals surface area contributed by atoms with E-state index in [1.165, 1.54) is 0 Å². The van der Waals surface area contributed by atoms with Gasteiger partial charge in [0.1, 0.15) is 5.75 Å². The van der Waals surface area contributed by atoms with Crippen LogP contribution < -0.4 is 15.4 Å². The van der Waals surface area contributed by atoms with Crippen molar-refractivity contribution in [1.29, 1.82) is 0 Å². The highest BCUT2D eigenvalue weighted by atomic mass is 35.5. The minimum Gasteiger partial charge on any atom is -0.494 e. The third-order valence-electron chi connectivity index (χ3n) is 3.64. The van der Waals surface area contributed by atoms with E-state index in [-0.39, 0.29) is 18.5 Å². The van der Waals surface area contributed by atoms with Gasteiger partial charge in [-0.25, -0.2) is 0 Å². The van der Waals surface area contributed by atoms with Crippen molar-refractivity contribution in [2.75, 3.05) is 13.2 Å². The molecule has 0 radical (unpaired) electrons. The normalized spacial score (nSPS) is 11.8. The van der Waals surface area contributed by atoms with Crippen LogP contribution in [-0.2, 0) is 11.3 Å². The molecule has 0 fully saturated rings. The summed E-state index contributed by atoms with van der Waals surface area (Å²) >= 11 is 5.88. The van der Waals surface area contributed by atoms with Crippen molar-refractivity contribution in [3.05, 3.63) is 64.7 Å². The summed E-state index contributed by atoms with van der Waals surface area (Å²) in [5, 5.41) is 6.82. The van der Waals surface area contributed by atoms with Crippen LogP contribution >= 0.6 is 11.6 Å². The number of amides is 1. The molecule has 0 aliphatic carbocycles. The van der Waals surface area contributed by atoms with E-state index in [2.05, 4.69) is 10.6 Å². The highest BCUT2D eigenvalue weighted by molar-refractivity contribution is 6.30. The monoisotopic (exact) mass is 346 g/mol. The molecular formula is C19H23ClN2O2. The molecule has 2 aromatic rings. The van der Waals surface area contributed by atoms with Crippen LogP contribution in [0.4, 0.5) is 0 Å². The zero-order valence-corrected chi connectivity index (χ0v) is 14.8. The van der Waals surface area contributed by atoms with Gasteiger partial charge in [0.2, 0.25) is 5.91 Å². The Hall–Kier alpha value is -2.04. The maximum atomic E-state index is 12.0. The summed E-state index contributed by atoms with van der Waals surface area (Å²) in [6, 6.07) is 15.4. The van der Waals surface area contributed by atoms with Crippen LogP contribution in [0.2, 0.25) is 5.02 Å². The Morgan fingerprint density at radius 3 is 2.67 bits per heavy atom. The molecule has 5 heteroatoms. The van der Waals surface area contributed by atoms with Gasteiger partial charge in [-0.1, -0.05) is 35.9 Å². The van der Waals surface area contributed by atoms with Gasteiger partial charge < -0.3 is 15.4 Å². The zero-order chi connectivity index (χ0) is 17.4. The van der Waals surface area contributed by atoms with Crippen molar-refractivity contribution >= 4 is 17.5 Å². The predicted molar refractivity (Wildman–Crippen MR) is 97.3 cm³/mol. The molecule has 2 rings (SSSR count). The number of ether oxygens (including phenoxy) is 1. The number of hydrogen-bond donors (Lipinski definition) is 2. The molecule has 2 N–H and O–H groups in total. The number of carbonyl (C=O) groups excluding carboxylic acids is 1. The predicted octanol–water partition coefficient (Wildman–Crippen LogP) is 3.71. The molecule has 2 aromatic carbocycles. The summed E-state index contributed by atoms with van der Waals surface area (Å²) in [7, 11) is 0. The van der Waals surface area contributed by atoms with Gasteiger partial charge >= 0.3 is 0 Å². The first kappa shape index (κ1) is 18.3. The lowest BCUT2D eigenvalue weighted by molar-refractivity contribution is -0.120. The van der Waals surface area contributed by atoms with Crippen LogP contribution in [0, 0.1) is 0 Å².